The van der Waals surface area contributed by atoms with Crippen molar-refractivity contribution in [2.24, 2.45) is 11.7 Å². The lowest BCUT2D eigenvalue weighted by molar-refractivity contribution is 0.0682. The summed E-state index contributed by atoms with van der Waals surface area (Å²) in [5.74, 6) is 0.773. The Hall–Kier alpha value is -1.06. The molecule has 106 valence electrons. The zero-order valence-corrected chi connectivity index (χ0v) is 12.0. The number of ether oxygens (including phenoxy) is 1. The van der Waals surface area contributed by atoms with Gasteiger partial charge in [0.2, 0.25) is 0 Å². The Morgan fingerprint density at radius 2 is 1.89 bits per heavy atom. The molecule has 0 radical (unpaired) electrons. The summed E-state index contributed by atoms with van der Waals surface area (Å²) in [5, 5.41) is 0. The highest BCUT2D eigenvalue weighted by Crippen LogP contribution is 2.21. The fourth-order valence-corrected chi connectivity index (χ4v) is 2.68. The van der Waals surface area contributed by atoms with E-state index < -0.39 is 0 Å². The number of benzene rings is 1. The highest BCUT2D eigenvalue weighted by atomic mass is 16.5. The third-order valence-corrected chi connectivity index (χ3v) is 3.85. The van der Waals surface area contributed by atoms with Crippen LogP contribution in [0.3, 0.4) is 0 Å². The monoisotopic (exact) mass is 262 g/mol. The Bertz CT molecular complexity index is 358. The van der Waals surface area contributed by atoms with Gasteiger partial charge in [-0.1, -0.05) is 19.1 Å². The number of nitrogens with two attached hydrogens (primary N) is 1. The van der Waals surface area contributed by atoms with Crippen molar-refractivity contribution in [3.05, 3.63) is 29.8 Å². The minimum absolute atomic E-state index is 0.619. The van der Waals surface area contributed by atoms with Crippen LogP contribution in [-0.4, -0.2) is 26.3 Å². The lowest BCUT2D eigenvalue weighted by atomic mass is 9.99. The van der Waals surface area contributed by atoms with Crippen LogP contribution in [0.5, 0.6) is 0 Å². The van der Waals surface area contributed by atoms with E-state index in [0.717, 1.165) is 32.2 Å². The first kappa shape index (κ1) is 14.4. The van der Waals surface area contributed by atoms with Gasteiger partial charge < -0.3 is 15.4 Å². The summed E-state index contributed by atoms with van der Waals surface area (Å²) in [4.78, 5) is 2.51. The molecule has 0 unspecified atom stereocenters. The highest BCUT2D eigenvalue weighted by molar-refractivity contribution is 5.47. The van der Waals surface area contributed by atoms with Gasteiger partial charge in [-0.2, -0.15) is 0 Å². The Kier molecular flexibility index (Phi) is 5.67. The van der Waals surface area contributed by atoms with Crippen molar-refractivity contribution in [2.75, 3.05) is 31.2 Å². The maximum absolute atomic E-state index is 5.66. The SMILES string of the molecule is CCCN(CC1CCOCC1)c1ccc(CN)cc1. The molecule has 2 N–H and O–H groups in total. The molecule has 0 aromatic heterocycles. The van der Waals surface area contributed by atoms with Crippen LogP contribution in [0.2, 0.25) is 0 Å². The van der Waals surface area contributed by atoms with E-state index in [1.54, 1.807) is 0 Å². The van der Waals surface area contributed by atoms with Crippen molar-refractivity contribution in [2.45, 2.75) is 32.7 Å². The quantitative estimate of drug-likeness (QED) is 0.856. The molecule has 2 rings (SSSR count). The Morgan fingerprint density at radius 3 is 2.47 bits per heavy atom. The van der Waals surface area contributed by atoms with Gasteiger partial charge >= 0.3 is 0 Å². The normalized spacial score (nSPS) is 16.5. The lowest BCUT2D eigenvalue weighted by Crippen LogP contribution is -2.33. The Balaban J connectivity index is 2.00. The molecule has 19 heavy (non-hydrogen) atoms. The van der Waals surface area contributed by atoms with Gasteiger partial charge in [0.15, 0.2) is 0 Å². The van der Waals surface area contributed by atoms with Crippen molar-refractivity contribution in [1.29, 1.82) is 0 Å². The van der Waals surface area contributed by atoms with E-state index in [1.165, 1.54) is 30.5 Å². The standard InChI is InChI=1S/C16H26N2O/c1-2-9-18(13-15-7-10-19-11-8-15)16-5-3-14(12-17)4-6-16/h3-6,15H,2,7-13,17H2,1H3. The van der Waals surface area contributed by atoms with E-state index in [-0.39, 0.29) is 0 Å². The van der Waals surface area contributed by atoms with Crippen molar-refractivity contribution >= 4 is 5.69 Å². The molecule has 0 spiro atoms. The van der Waals surface area contributed by atoms with Crippen LogP contribution in [0.25, 0.3) is 0 Å². The summed E-state index contributed by atoms with van der Waals surface area (Å²) in [6, 6.07) is 8.69. The second-order valence-corrected chi connectivity index (χ2v) is 5.37. The molecular weight excluding hydrogens is 236 g/mol. The minimum Gasteiger partial charge on any atom is -0.381 e. The van der Waals surface area contributed by atoms with Gasteiger partial charge in [0, 0.05) is 38.5 Å². The molecular formula is C16H26N2O. The molecule has 0 bridgehead atoms. The summed E-state index contributed by atoms with van der Waals surface area (Å²) in [7, 11) is 0. The average molecular weight is 262 g/mol. The van der Waals surface area contributed by atoms with Crippen LogP contribution in [0.1, 0.15) is 31.7 Å². The van der Waals surface area contributed by atoms with Crippen LogP contribution in [0.15, 0.2) is 24.3 Å². The summed E-state index contributed by atoms with van der Waals surface area (Å²) in [5.41, 5.74) is 8.18. The van der Waals surface area contributed by atoms with E-state index in [1.807, 2.05) is 0 Å². The van der Waals surface area contributed by atoms with E-state index in [4.69, 9.17) is 10.5 Å². The van der Waals surface area contributed by atoms with E-state index in [2.05, 4.69) is 36.1 Å². The average Bonchev–Trinajstić information content (AvgIpc) is 2.48. The van der Waals surface area contributed by atoms with Gasteiger partial charge in [0.05, 0.1) is 0 Å². The second-order valence-electron chi connectivity index (χ2n) is 5.37. The fourth-order valence-electron chi connectivity index (χ4n) is 2.68. The molecule has 1 heterocycles. The number of hydrogen-bond donors (Lipinski definition) is 1. The van der Waals surface area contributed by atoms with Crippen LogP contribution < -0.4 is 10.6 Å². The molecule has 0 aliphatic carbocycles. The number of hydrogen-bond acceptors (Lipinski definition) is 3. The van der Waals surface area contributed by atoms with E-state index in [9.17, 15) is 0 Å². The molecule has 1 aliphatic rings. The first-order chi connectivity index (χ1) is 9.33. The van der Waals surface area contributed by atoms with Gasteiger partial charge in [-0.15, -0.1) is 0 Å². The predicted molar refractivity (Wildman–Crippen MR) is 80.4 cm³/mol. The van der Waals surface area contributed by atoms with Gasteiger partial charge in [-0.3, -0.25) is 0 Å². The van der Waals surface area contributed by atoms with Crippen LogP contribution in [-0.2, 0) is 11.3 Å². The molecule has 1 aromatic rings. The van der Waals surface area contributed by atoms with Crippen LogP contribution in [0.4, 0.5) is 5.69 Å². The maximum atomic E-state index is 5.66. The van der Waals surface area contributed by atoms with Crippen LogP contribution in [0, 0.1) is 5.92 Å². The Morgan fingerprint density at radius 1 is 1.21 bits per heavy atom. The largest absolute Gasteiger partial charge is 0.381 e. The summed E-state index contributed by atoms with van der Waals surface area (Å²) < 4.78 is 5.44. The summed E-state index contributed by atoms with van der Waals surface area (Å²) in [6.45, 7) is 6.99. The fraction of sp³-hybridized carbons (Fsp3) is 0.625. The molecule has 1 fully saturated rings. The van der Waals surface area contributed by atoms with Gasteiger partial charge in [-0.25, -0.2) is 0 Å². The van der Waals surface area contributed by atoms with E-state index in [0.29, 0.717) is 6.54 Å². The topological polar surface area (TPSA) is 38.5 Å². The highest BCUT2D eigenvalue weighted by Gasteiger charge is 2.17. The molecule has 1 saturated heterocycles. The molecule has 1 aliphatic heterocycles. The molecule has 3 nitrogen and oxygen atoms in total. The van der Waals surface area contributed by atoms with Gasteiger partial charge in [-0.05, 0) is 42.9 Å². The van der Waals surface area contributed by atoms with Crippen molar-refractivity contribution < 1.29 is 4.74 Å². The summed E-state index contributed by atoms with van der Waals surface area (Å²) in [6.07, 6.45) is 3.57. The van der Waals surface area contributed by atoms with Crippen molar-refractivity contribution in [3.8, 4) is 0 Å². The smallest absolute Gasteiger partial charge is 0.0469 e. The number of anilines is 1. The first-order valence-electron chi connectivity index (χ1n) is 7.45. The van der Waals surface area contributed by atoms with Crippen molar-refractivity contribution in [3.63, 3.8) is 0 Å². The Labute approximate surface area is 116 Å². The van der Waals surface area contributed by atoms with Gasteiger partial charge in [0.1, 0.15) is 0 Å². The molecule has 3 heteroatoms. The molecule has 1 aromatic carbocycles. The molecule has 0 atom stereocenters. The third-order valence-electron chi connectivity index (χ3n) is 3.85. The number of rotatable bonds is 6. The van der Waals surface area contributed by atoms with Crippen LogP contribution >= 0.6 is 0 Å². The summed E-state index contributed by atoms with van der Waals surface area (Å²) >= 11 is 0. The zero-order valence-electron chi connectivity index (χ0n) is 12.0. The zero-order chi connectivity index (χ0) is 13.5. The molecule has 0 saturated carbocycles. The third kappa shape index (κ3) is 4.22. The first-order valence-corrected chi connectivity index (χ1v) is 7.45. The number of nitrogens with zero attached hydrogens (tertiary/aromatic N) is 1. The maximum Gasteiger partial charge on any atom is 0.0469 e. The van der Waals surface area contributed by atoms with Gasteiger partial charge in [0.25, 0.3) is 0 Å². The lowest BCUT2D eigenvalue weighted by Gasteiger charge is -2.31. The van der Waals surface area contributed by atoms with Crippen molar-refractivity contribution in [1.82, 2.24) is 0 Å². The molecule has 0 amide bonds. The predicted octanol–water partition coefficient (Wildman–Crippen LogP) is 2.79. The second kappa shape index (κ2) is 7.51. The minimum atomic E-state index is 0.619. The van der Waals surface area contributed by atoms with E-state index >= 15 is 0 Å².